The molecule has 5 nitrogen and oxygen atoms in total. The molecule has 0 saturated carbocycles. The van der Waals surface area contributed by atoms with Gasteiger partial charge in [0.05, 0.1) is 6.61 Å². The molecule has 0 radical (unpaired) electrons. The van der Waals surface area contributed by atoms with Gasteiger partial charge >= 0.3 is 0 Å². The maximum absolute atomic E-state index is 13.1. The van der Waals surface area contributed by atoms with Crippen molar-refractivity contribution in [2.45, 2.75) is 45.1 Å². The van der Waals surface area contributed by atoms with Crippen LogP contribution < -0.4 is 0 Å². The van der Waals surface area contributed by atoms with Gasteiger partial charge in [-0.05, 0) is 56.3 Å². The lowest BCUT2D eigenvalue weighted by Crippen LogP contribution is -2.45. The van der Waals surface area contributed by atoms with Gasteiger partial charge in [0.25, 0.3) is 0 Å². The number of carbonyl (C=O) groups is 1. The number of hydroxylamine groups is 2. The fraction of sp³-hybridized carbons (Fsp3) is 0.682. The highest BCUT2D eigenvalue weighted by atomic mass is 19.1. The minimum absolute atomic E-state index is 0.182. The van der Waals surface area contributed by atoms with Gasteiger partial charge in [0.1, 0.15) is 5.82 Å². The smallest absolute Gasteiger partial charge is 0.223 e. The van der Waals surface area contributed by atoms with Gasteiger partial charge in [0.2, 0.25) is 5.91 Å². The third-order valence-electron chi connectivity index (χ3n) is 6.50. The molecular weight excluding hydrogens is 357 g/mol. The Balaban J connectivity index is 1.27. The summed E-state index contributed by atoms with van der Waals surface area (Å²) in [6, 6.07) is 6.83. The number of carbonyl (C=O) groups excluding carboxylic acids is 1. The molecule has 1 atom stereocenters. The number of piperidine rings is 1. The summed E-state index contributed by atoms with van der Waals surface area (Å²) in [4.78, 5) is 22.9. The molecule has 6 heteroatoms. The molecule has 1 amide bonds. The lowest BCUT2D eigenvalue weighted by atomic mass is 9.79. The summed E-state index contributed by atoms with van der Waals surface area (Å²) in [5.41, 5.74) is 1.39. The van der Waals surface area contributed by atoms with Crippen molar-refractivity contribution < 1.29 is 14.0 Å². The summed E-state index contributed by atoms with van der Waals surface area (Å²) in [6.45, 7) is 7.17. The second kappa shape index (κ2) is 8.89. The summed E-state index contributed by atoms with van der Waals surface area (Å²) in [7, 11) is 0. The van der Waals surface area contributed by atoms with Crippen LogP contribution >= 0.6 is 0 Å². The largest absolute Gasteiger partial charge is 0.342 e. The maximum atomic E-state index is 13.1. The summed E-state index contributed by atoms with van der Waals surface area (Å²) in [6.07, 6.45) is 6.30. The second-order valence-electron chi connectivity index (χ2n) is 8.73. The van der Waals surface area contributed by atoms with Gasteiger partial charge in [-0.2, -0.15) is 5.06 Å². The maximum Gasteiger partial charge on any atom is 0.223 e. The number of hydrogen-bond acceptors (Lipinski definition) is 4. The average molecular weight is 390 g/mol. The molecule has 28 heavy (non-hydrogen) atoms. The highest BCUT2D eigenvalue weighted by Crippen LogP contribution is 2.39. The van der Waals surface area contributed by atoms with Crippen LogP contribution in [0.1, 0.15) is 44.1 Å². The first-order valence-electron chi connectivity index (χ1n) is 10.7. The lowest BCUT2D eigenvalue weighted by molar-refractivity contribution is -0.182. The van der Waals surface area contributed by atoms with Gasteiger partial charge in [-0.3, -0.25) is 14.5 Å². The van der Waals surface area contributed by atoms with Crippen molar-refractivity contribution in [1.29, 1.82) is 0 Å². The SMILES string of the molecule is O=C(CCN1CCCCO1)N1CCC2(CCCN(Cc3ccc(F)cc3)C2)C1. The molecule has 3 aliphatic rings. The van der Waals surface area contributed by atoms with Crippen molar-refractivity contribution >= 4 is 5.91 Å². The van der Waals surface area contributed by atoms with E-state index in [0.29, 0.717) is 13.0 Å². The minimum Gasteiger partial charge on any atom is -0.342 e. The first-order chi connectivity index (χ1) is 13.6. The van der Waals surface area contributed by atoms with E-state index in [9.17, 15) is 9.18 Å². The van der Waals surface area contributed by atoms with Crippen LogP contribution in [0.5, 0.6) is 0 Å². The quantitative estimate of drug-likeness (QED) is 0.776. The number of rotatable bonds is 5. The predicted molar refractivity (Wildman–Crippen MR) is 106 cm³/mol. The van der Waals surface area contributed by atoms with Crippen LogP contribution in [0, 0.1) is 11.2 Å². The summed E-state index contributed by atoms with van der Waals surface area (Å²) >= 11 is 0. The van der Waals surface area contributed by atoms with Crippen molar-refractivity contribution in [3.8, 4) is 0 Å². The van der Waals surface area contributed by atoms with E-state index in [-0.39, 0.29) is 17.1 Å². The van der Waals surface area contributed by atoms with E-state index in [1.807, 2.05) is 17.2 Å². The summed E-state index contributed by atoms with van der Waals surface area (Å²) < 4.78 is 13.1. The van der Waals surface area contributed by atoms with Gasteiger partial charge in [0.15, 0.2) is 0 Å². The van der Waals surface area contributed by atoms with Gasteiger partial charge in [0, 0.05) is 51.1 Å². The van der Waals surface area contributed by atoms with Gasteiger partial charge in [-0.15, -0.1) is 0 Å². The first kappa shape index (κ1) is 19.8. The molecule has 4 rings (SSSR count). The number of nitrogens with zero attached hydrogens (tertiary/aromatic N) is 3. The minimum atomic E-state index is -0.182. The van der Waals surface area contributed by atoms with Crippen LogP contribution in [-0.2, 0) is 16.2 Å². The van der Waals surface area contributed by atoms with E-state index < -0.39 is 0 Å². The van der Waals surface area contributed by atoms with Crippen LogP contribution in [0.4, 0.5) is 4.39 Å². The molecular formula is C22H32FN3O2. The Bertz CT molecular complexity index is 662. The third kappa shape index (κ3) is 4.91. The van der Waals surface area contributed by atoms with Crippen molar-refractivity contribution in [2.24, 2.45) is 5.41 Å². The van der Waals surface area contributed by atoms with E-state index >= 15 is 0 Å². The molecule has 1 aromatic rings. The zero-order chi connectivity index (χ0) is 19.4. The zero-order valence-electron chi connectivity index (χ0n) is 16.7. The molecule has 0 N–H and O–H groups in total. The molecule has 0 aromatic heterocycles. The third-order valence-corrected chi connectivity index (χ3v) is 6.50. The second-order valence-corrected chi connectivity index (χ2v) is 8.73. The van der Waals surface area contributed by atoms with Crippen LogP contribution in [0.15, 0.2) is 24.3 Å². The Labute approximate surface area is 167 Å². The predicted octanol–water partition coefficient (Wildman–Crippen LogP) is 3.06. The molecule has 0 aliphatic carbocycles. The topological polar surface area (TPSA) is 36.0 Å². The number of amides is 1. The van der Waals surface area contributed by atoms with E-state index in [1.165, 1.54) is 25.0 Å². The van der Waals surface area contributed by atoms with E-state index in [0.717, 1.165) is 70.7 Å². The molecule has 1 unspecified atom stereocenters. The fourth-order valence-electron chi connectivity index (χ4n) is 4.98. The number of likely N-dealkylation sites (tertiary alicyclic amines) is 2. The van der Waals surface area contributed by atoms with Gasteiger partial charge in [-0.25, -0.2) is 4.39 Å². The molecule has 154 valence electrons. The number of hydrogen-bond donors (Lipinski definition) is 0. The van der Waals surface area contributed by atoms with Crippen molar-refractivity contribution in [1.82, 2.24) is 14.9 Å². The van der Waals surface area contributed by atoms with Crippen LogP contribution in [0.2, 0.25) is 0 Å². The molecule has 3 saturated heterocycles. The summed E-state index contributed by atoms with van der Waals surface area (Å²) in [5, 5.41) is 1.96. The first-order valence-corrected chi connectivity index (χ1v) is 10.7. The molecule has 3 fully saturated rings. The zero-order valence-corrected chi connectivity index (χ0v) is 16.7. The average Bonchev–Trinajstić information content (AvgIpc) is 3.12. The van der Waals surface area contributed by atoms with Crippen LogP contribution in [0.25, 0.3) is 0 Å². The Kier molecular flexibility index (Phi) is 6.28. The Morgan fingerprint density at radius 2 is 1.89 bits per heavy atom. The molecule has 3 heterocycles. The van der Waals surface area contributed by atoms with Crippen molar-refractivity contribution in [3.63, 3.8) is 0 Å². The Hall–Kier alpha value is -1.50. The summed E-state index contributed by atoms with van der Waals surface area (Å²) in [5.74, 6) is 0.0838. The fourth-order valence-corrected chi connectivity index (χ4v) is 4.98. The van der Waals surface area contributed by atoms with E-state index in [1.54, 1.807) is 0 Å². The standard InChI is InChI=1S/C22H32FN3O2/c23-20-6-4-19(5-7-20)16-24-11-3-9-22(17-24)10-14-25(18-22)21(27)8-13-26-12-1-2-15-28-26/h4-7H,1-3,8-18H2. The Morgan fingerprint density at radius 3 is 2.68 bits per heavy atom. The molecule has 1 aromatic carbocycles. The van der Waals surface area contributed by atoms with Crippen LogP contribution in [-0.4, -0.2) is 66.6 Å². The molecule has 3 aliphatic heterocycles. The Morgan fingerprint density at radius 1 is 1.04 bits per heavy atom. The van der Waals surface area contributed by atoms with Gasteiger partial charge in [-0.1, -0.05) is 12.1 Å². The highest BCUT2D eigenvalue weighted by molar-refractivity contribution is 5.76. The van der Waals surface area contributed by atoms with Gasteiger partial charge < -0.3 is 4.90 Å². The highest BCUT2D eigenvalue weighted by Gasteiger charge is 2.42. The van der Waals surface area contributed by atoms with E-state index in [4.69, 9.17) is 4.84 Å². The van der Waals surface area contributed by atoms with Crippen molar-refractivity contribution in [2.75, 3.05) is 45.9 Å². The number of benzene rings is 1. The van der Waals surface area contributed by atoms with Crippen LogP contribution in [0.3, 0.4) is 0 Å². The lowest BCUT2D eigenvalue weighted by Gasteiger charge is -2.40. The van der Waals surface area contributed by atoms with Crippen molar-refractivity contribution in [3.05, 3.63) is 35.6 Å². The number of halogens is 1. The normalized spacial score (nSPS) is 26.8. The van der Waals surface area contributed by atoms with E-state index in [2.05, 4.69) is 9.80 Å². The molecule has 0 bridgehead atoms. The molecule has 1 spiro atoms. The monoisotopic (exact) mass is 389 g/mol.